The van der Waals surface area contributed by atoms with Gasteiger partial charge in [-0.25, -0.2) is 4.98 Å². The van der Waals surface area contributed by atoms with E-state index < -0.39 is 0 Å². The number of nitrogens with one attached hydrogen (secondary N) is 1. The molecule has 3 unspecified atom stereocenters. The quantitative estimate of drug-likeness (QED) is 0.921. The minimum Gasteiger partial charge on any atom is -0.308 e. The zero-order valence-electron chi connectivity index (χ0n) is 11.3. The van der Waals surface area contributed by atoms with Crippen molar-refractivity contribution in [1.29, 1.82) is 0 Å². The van der Waals surface area contributed by atoms with Gasteiger partial charge < -0.3 is 5.32 Å². The van der Waals surface area contributed by atoms with Gasteiger partial charge in [0.25, 0.3) is 0 Å². The predicted octanol–water partition coefficient (Wildman–Crippen LogP) is 3.23. The largest absolute Gasteiger partial charge is 0.308 e. The number of aryl methyl sites for hydroxylation is 1. The molecule has 1 fully saturated rings. The molecule has 0 amide bonds. The highest BCUT2D eigenvalue weighted by molar-refractivity contribution is 7.15. The summed E-state index contributed by atoms with van der Waals surface area (Å²) in [5.41, 5.74) is 2.48. The molecular weight excluding hydrogens is 242 g/mol. The van der Waals surface area contributed by atoms with E-state index >= 15 is 0 Å². The Hall–Kier alpha value is -0.870. The second kappa shape index (κ2) is 4.67. The van der Waals surface area contributed by atoms with Crippen molar-refractivity contribution < 1.29 is 0 Å². The number of hydrogen-bond donors (Lipinski definition) is 1. The summed E-state index contributed by atoms with van der Waals surface area (Å²) < 4.78 is 2.22. The first-order valence-corrected chi connectivity index (χ1v) is 7.69. The highest BCUT2D eigenvalue weighted by Gasteiger charge is 2.29. The van der Waals surface area contributed by atoms with Crippen molar-refractivity contribution in [3.63, 3.8) is 0 Å². The first kappa shape index (κ1) is 12.2. The lowest BCUT2D eigenvalue weighted by molar-refractivity contribution is 0.368. The van der Waals surface area contributed by atoms with E-state index in [1.807, 2.05) is 0 Å². The summed E-state index contributed by atoms with van der Waals surface area (Å²) in [5.74, 6) is 1.64. The fourth-order valence-corrected chi connectivity index (χ4v) is 3.81. The molecule has 0 aromatic carbocycles. The summed E-state index contributed by atoms with van der Waals surface area (Å²) in [5, 5.41) is 5.83. The standard InChI is InChI=1S/C14H21N3S/c1-9-4-5-12(10(9)2)15-8-13-11(3)16-14-17(13)6-7-18-14/h6-7,9-10,12,15H,4-5,8H2,1-3H3. The molecule has 0 aliphatic heterocycles. The van der Waals surface area contributed by atoms with Gasteiger partial charge in [-0.05, 0) is 31.6 Å². The molecule has 3 nitrogen and oxygen atoms in total. The van der Waals surface area contributed by atoms with Gasteiger partial charge in [-0.15, -0.1) is 11.3 Å². The van der Waals surface area contributed by atoms with Crippen LogP contribution in [0.4, 0.5) is 0 Å². The number of fused-ring (bicyclic) bond motifs is 1. The summed E-state index contributed by atoms with van der Waals surface area (Å²) in [6.45, 7) is 7.79. The second-order valence-corrected chi connectivity index (χ2v) is 6.47. The molecule has 1 aliphatic carbocycles. The summed E-state index contributed by atoms with van der Waals surface area (Å²) >= 11 is 1.71. The lowest BCUT2D eigenvalue weighted by atomic mass is 9.98. The Morgan fingerprint density at radius 1 is 1.44 bits per heavy atom. The number of thiazole rings is 1. The molecule has 2 aromatic rings. The van der Waals surface area contributed by atoms with E-state index in [-0.39, 0.29) is 0 Å². The average molecular weight is 263 g/mol. The first-order valence-electron chi connectivity index (χ1n) is 6.81. The maximum Gasteiger partial charge on any atom is 0.194 e. The van der Waals surface area contributed by atoms with Crippen molar-refractivity contribution in [1.82, 2.24) is 14.7 Å². The molecule has 1 saturated carbocycles. The third-order valence-electron chi connectivity index (χ3n) is 4.56. The van der Waals surface area contributed by atoms with Gasteiger partial charge in [0.2, 0.25) is 0 Å². The average Bonchev–Trinajstić information content (AvgIpc) is 2.97. The van der Waals surface area contributed by atoms with Crippen molar-refractivity contribution in [2.75, 3.05) is 0 Å². The number of aromatic nitrogens is 2. The van der Waals surface area contributed by atoms with E-state index in [0.717, 1.165) is 29.0 Å². The zero-order chi connectivity index (χ0) is 12.7. The Morgan fingerprint density at radius 3 is 3.00 bits per heavy atom. The normalized spacial score (nSPS) is 28.3. The maximum atomic E-state index is 4.59. The van der Waals surface area contributed by atoms with E-state index in [4.69, 9.17) is 0 Å². The van der Waals surface area contributed by atoms with Crippen LogP contribution in [0.2, 0.25) is 0 Å². The summed E-state index contributed by atoms with van der Waals surface area (Å²) in [6.07, 6.45) is 4.79. The monoisotopic (exact) mass is 263 g/mol. The number of imidazole rings is 1. The van der Waals surface area contributed by atoms with E-state index in [1.165, 1.54) is 18.5 Å². The molecule has 3 rings (SSSR count). The van der Waals surface area contributed by atoms with Crippen LogP contribution in [-0.2, 0) is 6.54 Å². The topological polar surface area (TPSA) is 29.3 Å². The molecule has 0 spiro atoms. The van der Waals surface area contributed by atoms with Crippen molar-refractivity contribution in [3.05, 3.63) is 23.0 Å². The van der Waals surface area contributed by atoms with Crippen LogP contribution in [0.25, 0.3) is 4.96 Å². The fourth-order valence-electron chi connectivity index (χ4n) is 3.03. The Kier molecular flexibility index (Phi) is 3.16. The van der Waals surface area contributed by atoms with Gasteiger partial charge in [0.15, 0.2) is 4.96 Å². The molecule has 1 N–H and O–H groups in total. The van der Waals surface area contributed by atoms with E-state index in [9.17, 15) is 0 Å². The van der Waals surface area contributed by atoms with Gasteiger partial charge in [0.1, 0.15) is 0 Å². The summed E-state index contributed by atoms with van der Waals surface area (Å²) in [6, 6.07) is 0.670. The predicted molar refractivity (Wildman–Crippen MR) is 76.0 cm³/mol. The summed E-state index contributed by atoms with van der Waals surface area (Å²) in [4.78, 5) is 5.70. The molecule has 1 aliphatic rings. The van der Waals surface area contributed by atoms with E-state index in [1.54, 1.807) is 11.3 Å². The molecule has 0 bridgehead atoms. The molecule has 98 valence electrons. The zero-order valence-corrected chi connectivity index (χ0v) is 12.1. The molecule has 0 saturated heterocycles. The minimum absolute atomic E-state index is 0.670. The third kappa shape index (κ3) is 1.97. The van der Waals surface area contributed by atoms with Crippen LogP contribution in [0.15, 0.2) is 11.6 Å². The highest BCUT2D eigenvalue weighted by atomic mass is 32.1. The van der Waals surface area contributed by atoms with Crippen molar-refractivity contribution in [3.8, 4) is 0 Å². The van der Waals surface area contributed by atoms with Gasteiger partial charge in [0.05, 0.1) is 11.4 Å². The lowest BCUT2D eigenvalue weighted by Gasteiger charge is -2.19. The number of hydrogen-bond acceptors (Lipinski definition) is 3. The smallest absolute Gasteiger partial charge is 0.194 e. The van der Waals surface area contributed by atoms with Crippen LogP contribution < -0.4 is 5.32 Å². The van der Waals surface area contributed by atoms with Gasteiger partial charge in [0, 0.05) is 24.2 Å². The number of nitrogens with zero attached hydrogens (tertiary/aromatic N) is 2. The maximum absolute atomic E-state index is 4.59. The van der Waals surface area contributed by atoms with Gasteiger partial charge in [-0.1, -0.05) is 13.8 Å². The summed E-state index contributed by atoms with van der Waals surface area (Å²) in [7, 11) is 0. The molecule has 0 radical (unpaired) electrons. The molecule has 2 aromatic heterocycles. The third-order valence-corrected chi connectivity index (χ3v) is 5.31. The molecule has 3 atom stereocenters. The number of rotatable bonds is 3. The minimum atomic E-state index is 0.670. The second-order valence-electron chi connectivity index (χ2n) is 5.60. The highest BCUT2D eigenvalue weighted by Crippen LogP contribution is 2.31. The van der Waals surface area contributed by atoms with Gasteiger partial charge in [-0.3, -0.25) is 4.40 Å². The SMILES string of the molecule is Cc1nc2sccn2c1CNC1CCC(C)C1C. The van der Waals surface area contributed by atoms with Crippen LogP contribution in [0, 0.1) is 18.8 Å². The van der Waals surface area contributed by atoms with Gasteiger partial charge >= 0.3 is 0 Å². The van der Waals surface area contributed by atoms with Crippen molar-refractivity contribution in [2.45, 2.75) is 46.2 Å². The molecular formula is C14H21N3S. The van der Waals surface area contributed by atoms with Crippen LogP contribution in [-0.4, -0.2) is 15.4 Å². The Labute approximate surface area is 112 Å². The fraction of sp³-hybridized carbons (Fsp3) is 0.643. The van der Waals surface area contributed by atoms with Crippen LogP contribution >= 0.6 is 11.3 Å². The van der Waals surface area contributed by atoms with E-state index in [2.05, 4.69) is 47.0 Å². The lowest BCUT2D eigenvalue weighted by Crippen LogP contribution is -2.32. The van der Waals surface area contributed by atoms with Crippen LogP contribution in [0.5, 0.6) is 0 Å². The molecule has 4 heteroatoms. The van der Waals surface area contributed by atoms with Crippen molar-refractivity contribution >= 4 is 16.3 Å². The Morgan fingerprint density at radius 2 is 2.28 bits per heavy atom. The van der Waals surface area contributed by atoms with Crippen LogP contribution in [0.3, 0.4) is 0 Å². The Bertz CT molecular complexity index is 542. The van der Waals surface area contributed by atoms with Crippen LogP contribution in [0.1, 0.15) is 38.1 Å². The Balaban J connectivity index is 1.73. The van der Waals surface area contributed by atoms with Crippen molar-refractivity contribution in [2.24, 2.45) is 11.8 Å². The molecule has 2 heterocycles. The van der Waals surface area contributed by atoms with E-state index in [0.29, 0.717) is 6.04 Å². The first-order chi connectivity index (χ1) is 8.66. The molecule has 18 heavy (non-hydrogen) atoms. The van der Waals surface area contributed by atoms with Gasteiger partial charge in [-0.2, -0.15) is 0 Å².